The number of hydrogen-bond acceptors (Lipinski definition) is 5. The molecule has 8 heteroatoms. The van der Waals surface area contributed by atoms with Crippen LogP contribution in [0.5, 0.6) is 0 Å². The molecule has 0 unspecified atom stereocenters. The highest BCUT2D eigenvalue weighted by Gasteiger charge is 2.25. The molecular weight excluding hydrogens is 400 g/mol. The van der Waals surface area contributed by atoms with E-state index in [-0.39, 0.29) is 18.4 Å². The van der Waals surface area contributed by atoms with Crippen molar-refractivity contribution in [2.75, 3.05) is 32.8 Å². The Hall–Kier alpha value is -2.64. The number of amides is 2. The average molecular weight is 419 g/mol. The number of nitrogens with zero attached hydrogens (tertiary/aromatic N) is 2. The summed E-state index contributed by atoms with van der Waals surface area (Å²) >= 11 is 7.21. The fraction of sp³-hybridized carbons (Fsp3) is 0.250. The Morgan fingerprint density at radius 3 is 2.36 bits per heavy atom. The Labute approximate surface area is 172 Å². The minimum absolute atomic E-state index is 0.0131. The quantitative estimate of drug-likeness (QED) is 0.553. The lowest BCUT2D eigenvalue weighted by molar-refractivity contribution is -0.148. The van der Waals surface area contributed by atoms with Gasteiger partial charge in [0.15, 0.2) is 6.61 Å². The molecule has 0 spiro atoms. The van der Waals surface area contributed by atoms with Gasteiger partial charge in [0.1, 0.15) is 0 Å². The smallest absolute Gasteiger partial charge is 0.331 e. The van der Waals surface area contributed by atoms with Crippen molar-refractivity contribution in [3.8, 4) is 0 Å². The van der Waals surface area contributed by atoms with Gasteiger partial charge in [-0.05, 0) is 35.2 Å². The molecule has 1 aromatic carbocycles. The van der Waals surface area contributed by atoms with E-state index in [0.29, 0.717) is 36.1 Å². The van der Waals surface area contributed by atoms with Crippen LogP contribution in [-0.4, -0.2) is 60.4 Å². The van der Waals surface area contributed by atoms with E-state index in [2.05, 4.69) is 0 Å². The van der Waals surface area contributed by atoms with Gasteiger partial charge in [-0.3, -0.25) is 9.59 Å². The maximum Gasteiger partial charge on any atom is 0.331 e. The van der Waals surface area contributed by atoms with Gasteiger partial charge in [0.2, 0.25) is 0 Å². The van der Waals surface area contributed by atoms with E-state index in [9.17, 15) is 14.4 Å². The van der Waals surface area contributed by atoms with Gasteiger partial charge in [-0.2, -0.15) is 0 Å². The lowest BCUT2D eigenvalue weighted by atomic mass is 10.2. The van der Waals surface area contributed by atoms with Gasteiger partial charge in [0.25, 0.3) is 11.8 Å². The monoisotopic (exact) mass is 418 g/mol. The molecule has 2 heterocycles. The Bertz CT molecular complexity index is 857. The summed E-state index contributed by atoms with van der Waals surface area (Å²) in [5.74, 6) is -0.868. The summed E-state index contributed by atoms with van der Waals surface area (Å²) in [6, 6.07) is 10.6. The molecule has 1 aliphatic heterocycles. The van der Waals surface area contributed by atoms with Crippen molar-refractivity contribution in [1.82, 2.24) is 9.80 Å². The molecule has 0 radical (unpaired) electrons. The zero-order chi connectivity index (χ0) is 19.9. The average Bonchev–Trinajstić information content (AvgIpc) is 3.26. The predicted octanol–water partition coefficient (Wildman–Crippen LogP) is 2.94. The fourth-order valence-electron chi connectivity index (χ4n) is 2.73. The van der Waals surface area contributed by atoms with Crippen molar-refractivity contribution in [3.63, 3.8) is 0 Å². The molecule has 3 rings (SSSR count). The highest BCUT2D eigenvalue weighted by Crippen LogP contribution is 2.14. The van der Waals surface area contributed by atoms with Crippen molar-refractivity contribution in [1.29, 1.82) is 0 Å². The van der Waals surface area contributed by atoms with Crippen LogP contribution in [0.3, 0.4) is 0 Å². The van der Waals surface area contributed by atoms with Crippen LogP contribution in [0, 0.1) is 0 Å². The fourth-order valence-corrected chi connectivity index (χ4v) is 3.54. The minimum atomic E-state index is -0.588. The van der Waals surface area contributed by atoms with Gasteiger partial charge < -0.3 is 14.5 Å². The lowest BCUT2D eigenvalue weighted by Crippen LogP contribution is -2.51. The molecule has 2 aromatic rings. The maximum atomic E-state index is 12.3. The molecular formula is C20H19ClN2O4S. The summed E-state index contributed by atoms with van der Waals surface area (Å²) in [5, 5.41) is 2.48. The first-order chi connectivity index (χ1) is 13.5. The predicted molar refractivity (Wildman–Crippen MR) is 108 cm³/mol. The zero-order valence-corrected chi connectivity index (χ0v) is 16.6. The Kier molecular flexibility index (Phi) is 6.84. The first-order valence-electron chi connectivity index (χ1n) is 8.74. The van der Waals surface area contributed by atoms with Crippen molar-refractivity contribution in [3.05, 3.63) is 63.3 Å². The van der Waals surface area contributed by atoms with Crippen LogP contribution >= 0.6 is 22.9 Å². The molecule has 1 saturated heterocycles. The Morgan fingerprint density at radius 1 is 1.04 bits per heavy atom. The van der Waals surface area contributed by atoms with Gasteiger partial charge in [-0.15, -0.1) is 11.3 Å². The van der Waals surface area contributed by atoms with E-state index in [1.165, 1.54) is 17.4 Å². The molecule has 0 bridgehead atoms. The molecule has 2 amide bonds. The standard InChI is InChI=1S/C20H19ClN2O4S/c21-16-6-3-15(4-7-16)5-8-19(25)27-14-18(24)22-9-11-23(12-10-22)20(26)17-2-1-13-28-17/h1-8,13H,9-12,14H2/b8-5+. The van der Waals surface area contributed by atoms with Crippen LogP contribution in [0.2, 0.25) is 5.02 Å². The number of halogens is 1. The second-order valence-corrected chi connectivity index (χ2v) is 7.53. The number of piperazine rings is 1. The van der Waals surface area contributed by atoms with Gasteiger partial charge in [-0.25, -0.2) is 4.79 Å². The molecule has 146 valence electrons. The van der Waals surface area contributed by atoms with Crippen molar-refractivity contribution in [2.45, 2.75) is 0 Å². The van der Waals surface area contributed by atoms with Crippen LogP contribution in [0.1, 0.15) is 15.2 Å². The number of esters is 1. The molecule has 0 N–H and O–H groups in total. The van der Waals surface area contributed by atoms with Gasteiger partial charge >= 0.3 is 5.97 Å². The third kappa shape index (κ3) is 5.43. The van der Waals surface area contributed by atoms with Gasteiger partial charge in [0.05, 0.1) is 4.88 Å². The second kappa shape index (κ2) is 9.52. The van der Waals surface area contributed by atoms with Crippen LogP contribution in [0.25, 0.3) is 6.08 Å². The third-order valence-electron chi connectivity index (χ3n) is 4.27. The van der Waals surface area contributed by atoms with E-state index in [0.717, 1.165) is 5.56 Å². The molecule has 28 heavy (non-hydrogen) atoms. The van der Waals surface area contributed by atoms with Crippen LogP contribution < -0.4 is 0 Å². The number of ether oxygens (including phenoxy) is 1. The zero-order valence-electron chi connectivity index (χ0n) is 15.0. The molecule has 1 aromatic heterocycles. The van der Waals surface area contributed by atoms with Crippen LogP contribution in [0.4, 0.5) is 0 Å². The summed E-state index contributed by atoms with van der Waals surface area (Å²) in [4.78, 5) is 40.4. The summed E-state index contributed by atoms with van der Waals surface area (Å²) < 4.78 is 5.01. The number of benzene rings is 1. The van der Waals surface area contributed by atoms with Crippen LogP contribution in [-0.2, 0) is 14.3 Å². The topological polar surface area (TPSA) is 66.9 Å². The summed E-state index contributed by atoms with van der Waals surface area (Å²) in [6.07, 6.45) is 2.87. The van der Waals surface area contributed by atoms with Crippen LogP contribution in [0.15, 0.2) is 47.9 Å². The third-order valence-corrected chi connectivity index (χ3v) is 5.38. The second-order valence-electron chi connectivity index (χ2n) is 6.14. The molecule has 1 aliphatic rings. The Balaban J connectivity index is 1.41. The molecule has 0 saturated carbocycles. The summed E-state index contributed by atoms with van der Waals surface area (Å²) in [7, 11) is 0. The number of thiophene rings is 1. The first kappa shape index (κ1) is 20.1. The maximum absolute atomic E-state index is 12.3. The Morgan fingerprint density at radius 2 is 1.71 bits per heavy atom. The van der Waals surface area contributed by atoms with Crippen molar-refractivity contribution in [2.24, 2.45) is 0 Å². The first-order valence-corrected chi connectivity index (χ1v) is 9.99. The molecule has 6 nitrogen and oxygen atoms in total. The van der Waals surface area contributed by atoms with E-state index in [1.54, 1.807) is 46.2 Å². The number of hydrogen-bond donors (Lipinski definition) is 0. The highest BCUT2D eigenvalue weighted by atomic mass is 35.5. The minimum Gasteiger partial charge on any atom is -0.452 e. The lowest BCUT2D eigenvalue weighted by Gasteiger charge is -2.34. The molecule has 0 atom stereocenters. The van der Waals surface area contributed by atoms with E-state index in [1.807, 2.05) is 11.4 Å². The van der Waals surface area contributed by atoms with Gasteiger partial charge in [-0.1, -0.05) is 29.8 Å². The van der Waals surface area contributed by atoms with E-state index < -0.39 is 5.97 Å². The van der Waals surface area contributed by atoms with E-state index in [4.69, 9.17) is 16.3 Å². The highest BCUT2D eigenvalue weighted by molar-refractivity contribution is 7.12. The summed E-state index contributed by atoms with van der Waals surface area (Å²) in [6.45, 7) is 1.46. The van der Waals surface area contributed by atoms with Gasteiger partial charge in [0, 0.05) is 37.3 Å². The largest absolute Gasteiger partial charge is 0.452 e. The summed E-state index contributed by atoms with van der Waals surface area (Å²) in [5.41, 5.74) is 0.805. The number of carbonyl (C=O) groups excluding carboxylic acids is 3. The number of rotatable bonds is 5. The SMILES string of the molecule is O=C(/C=C/c1ccc(Cl)cc1)OCC(=O)N1CCN(C(=O)c2cccs2)CC1. The number of carbonyl (C=O) groups is 3. The van der Waals surface area contributed by atoms with Crippen molar-refractivity contribution < 1.29 is 19.1 Å². The van der Waals surface area contributed by atoms with E-state index >= 15 is 0 Å². The normalized spacial score (nSPS) is 14.3. The molecule has 0 aliphatic carbocycles. The molecule has 1 fully saturated rings. The van der Waals surface area contributed by atoms with Crippen molar-refractivity contribution >= 4 is 46.8 Å².